The fraction of sp³-hybridized carbons (Fsp3) is 0.316. The average molecular weight is 375 g/mol. The molecule has 0 aliphatic heterocycles. The summed E-state index contributed by atoms with van der Waals surface area (Å²) in [5.74, 6) is 0.0460. The van der Waals surface area contributed by atoms with Gasteiger partial charge in [-0.15, -0.1) is 0 Å². The van der Waals surface area contributed by atoms with Crippen LogP contribution in [0.4, 0.5) is 5.69 Å². The minimum atomic E-state index is -3.74. The Morgan fingerprint density at radius 2 is 1.73 bits per heavy atom. The van der Waals surface area contributed by atoms with Crippen LogP contribution in [0.25, 0.3) is 0 Å². The normalized spacial score (nSPS) is 11.7. The second-order valence-corrected chi connectivity index (χ2v) is 7.43. The smallest absolute Gasteiger partial charge is 0.276 e. The number of sulfonamides is 1. The van der Waals surface area contributed by atoms with E-state index in [1.807, 2.05) is 26.8 Å². The summed E-state index contributed by atoms with van der Waals surface area (Å²) in [5, 5.41) is 13.9. The first-order valence-electron chi connectivity index (χ1n) is 8.63. The number of anilines is 1. The molecule has 0 unspecified atom stereocenters. The Morgan fingerprint density at radius 3 is 2.27 bits per heavy atom. The van der Waals surface area contributed by atoms with Gasteiger partial charge in [0.05, 0.1) is 11.1 Å². The highest BCUT2D eigenvalue weighted by atomic mass is 32.2. The van der Waals surface area contributed by atoms with E-state index < -0.39 is 10.0 Å². The number of hydrazone groups is 1. The van der Waals surface area contributed by atoms with Crippen molar-refractivity contribution in [1.82, 2.24) is 4.83 Å². The maximum Gasteiger partial charge on any atom is 0.276 e. The first-order chi connectivity index (χ1) is 12.4. The quantitative estimate of drug-likeness (QED) is 0.549. The first-order valence-corrected chi connectivity index (χ1v) is 10.1. The minimum Gasteiger partial charge on any atom is -0.507 e. The molecule has 0 aliphatic rings. The predicted molar refractivity (Wildman–Crippen MR) is 105 cm³/mol. The van der Waals surface area contributed by atoms with Crippen molar-refractivity contribution in [3.63, 3.8) is 0 Å². The lowest BCUT2D eigenvalue weighted by atomic mass is 10.2. The van der Waals surface area contributed by atoms with Gasteiger partial charge < -0.3 is 10.0 Å². The third-order valence-electron chi connectivity index (χ3n) is 4.16. The summed E-state index contributed by atoms with van der Waals surface area (Å²) in [4.78, 5) is 4.42. The fourth-order valence-corrected chi connectivity index (χ4v) is 3.34. The van der Waals surface area contributed by atoms with Gasteiger partial charge >= 0.3 is 0 Å². The van der Waals surface area contributed by atoms with E-state index in [4.69, 9.17) is 0 Å². The van der Waals surface area contributed by atoms with Crippen LogP contribution in [0.5, 0.6) is 5.75 Å². The van der Waals surface area contributed by atoms with Crippen LogP contribution in [-0.2, 0) is 16.4 Å². The third kappa shape index (κ3) is 4.76. The highest BCUT2D eigenvalue weighted by Crippen LogP contribution is 2.23. The molecular weight excluding hydrogens is 350 g/mol. The van der Waals surface area contributed by atoms with Crippen LogP contribution in [0, 0.1) is 0 Å². The zero-order valence-electron chi connectivity index (χ0n) is 15.3. The zero-order chi connectivity index (χ0) is 19.2. The van der Waals surface area contributed by atoms with Crippen molar-refractivity contribution in [2.45, 2.75) is 32.1 Å². The second-order valence-electron chi connectivity index (χ2n) is 5.77. The molecule has 0 saturated heterocycles. The molecule has 2 N–H and O–H groups in total. The molecule has 0 spiro atoms. The molecule has 7 heteroatoms. The highest BCUT2D eigenvalue weighted by molar-refractivity contribution is 7.89. The van der Waals surface area contributed by atoms with E-state index in [1.54, 1.807) is 36.4 Å². The van der Waals surface area contributed by atoms with E-state index in [0.29, 0.717) is 5.56 Å². The van der Waals surface area contributed by atoms with Gasteiger partial charge in [0.25, 0.3) is 10.0 Å². The van der Waals surface area contributed by atoms with E-state index in [9.17, 15) is 13.5 Å². The Kier molecular flexibility index (Phi) is 6.63. The second kappa shape index (κ2) is 8.71. The summed E-state index contributed by atoms with van der Waals surface area (Å²) in [6, 6.07) is 11.9. The van der Waals surface area contributed by atoms with Crippen LogP contribution in [0.15, 0.2) is 52.5 Å². The van der Waals surface area contributed by atoms with Gasteiger partial charge in [-0.3, -0.25) is 0 Å². The Morgan fingerprint density at radius 1 is 1.08 bits per heavy atom. The fourth-order valence-electron chi connectivity index (χ4n) is 2.55. The standard InChI is InChI=1S/C19H25N3O3S/c1-4-15-7-11-18(12-8-15)26(24,25)21-20-14-16-9-10-17(13-19(16)23)22(5-2)6-3/h7-14,21,23H,4-6H2,1-3H3/b20-14-. The molecule has 0 aliphatic carbocycles. The molecule has 0 heterocycles. The van der Waals surface area contributed by atoms with Crippen molar-refractivity contribution in [3.8, 4) is 5.75 Å². The van der Waals surface area contributed by atoms with E-state index in [1.165, 1.54) is 6.21 Å². The van der Waals surface area contributed by atoms with Crippen molar-refractivity contribution < 1.29 is 13.5 Å². The summed E-state index contributed by atoms with van der Waals surface area (Å²) in [5.41, 5.74) is 2.40. The van der Waals surface area contributed by atoms with Gasteiger partial charge in [-0.25, -0.2) is 4.83 Å². The van der Waals surface area contributed by atoms with Gasteiger partial charge in [-0.05, 0) is 50.1 Å². The molecule has 2 rings (SSSR count). The van der Waals surface area contributed by atoms with Crippen molar-refractivity contribution in [2.75, 3.05) is 18.0 Å². The Labute approximate surface area is 155 Å². The van der Waals surface area contributed by atoms with Crippen LogP contribution >= 0.6 is 0 Å². The molecule has 0 radical (unpaired) electrons. The number of hydrogen-bond donors (Lipinski definition) is 2. The number of aromatic hydroxyl groups is 1. The van der Waals surface area contributed by atoms with Crippen molar-refractivity contribution in [1.29, 1.82) is 0 Å². The lowest BCUT2D eigenvalue weighted by Crippen LogP contribution is -2.21. The van der Waals surface area contributed by atoms with Crippen molar-refractivity contribution in [3.05, 3.63) is 53.6 Å². The molecule has 2 aromatic rings. The summed E-state index contributed by atoms with van der Waals surface area (Å²) in [6.07, 6.45) is 2.13. The van der Waals surface area contributed by atoms with Gasteiger partial charge in [-0.2, -0.15) is 13.5 Å². The lowest BCUT2D eigenvalue weighted by molar-refractivity contribution is 0.474. The number of benzene rings is 2. The number of nitrogens with zero attached hydrogens (tertiary/aromatic N) is 2. The van der Waals surface area contributed by atoms with Gasteiger partial charge in [0.1, 0.15) is 5.75 Å². The molecule has 6 nitrogen and oxygen atoms in total. The molecule has 2 aromatic carbocycles. The van der Waals surface area contributed by atoms with E-state index in [-0.39, 0.29) is 10.6 Å². The molecule has 0 aromatic heterocycles. The molecule has 0 bridgehead atoms. The largest absolute Gasteiger partial charge is 0.507 e. The molecule has 0 saturated carbocycles. The van der Waals surface area contributed by atoms with Crippen molar-refractivity contribution in [2.24, 2.45) is 5.10 Å². The Balaban J connectivity index is 2.11. The number of phenolic OH excluding ortho intramolecular Hbond substituents is 1. The molecule has 140 valence electrons. The van der Waals surface area contributed by atoms with Crippen LogP contribution in [0.3, 0.4) is 0 Å². The van der Waals surface area contributed by atoms with Gasteiger partial charge in [0, 0.05) is 30.4 Å². The predicted octanol–water partition coefficient (Wildman–Crippen LogP) is 3.11. The third-order valence-corrected chi connectivity index (χ3v) is 5.40. The van der Waals surface area contributed by atoms with E-state index >= 15 is 0 Å². The van der Waals surface area contributed by atoms with Crippen molar-refractivity contribution >= 4 is 21.9 Å². The number of nitrogens with one attached hydrogen (secondary N) is 1. The maximum atomic E-state index is 12.2. The molecule has 0 amide bonds. The average Bonchev–Trinajstić information content (AvgIpc) is 2.64. The van der Waals surface area contributed by atoms with Gasteiger partial charge in [-0.1, -0.05) is 19.1 Å². The van der Waals surface area contributed by atoms with Crippen LogP contribution in [0.1, 0.15) is 31.9 Å². The molecule has 26 heavy (non-hydrogen) atoms. The SMILES string of the molecule is CCc1ccc(S(=O)(=O)N/N=C\c2ccc(N(CC)CC)cc2O)cc1. The van der Waals surface area contributed by atoms with Crippen LogP contribution in [-0.4, -0.2) is 32.8 Å². The molecule has 0 fully saturated rings. The number of rotatable bonds is 8. The van der Waals surface area contributed by atoms with Gasteiger partial charge in [0.15, 0.2) is 0 Å². The first kappa shape index (κ1) is 19.8. The number of aryl methyl sites for hydroxylation is 1. The molecule has 0 atom stereocenters. The number of phenols is 1. The van der Waals surface area contributed by atoms with Crippen LogP contribution < -0.4 is 9.73 Å². The molecular formula is C19H25N3O3S. The highest BCUT2D eigenvalue weighted by Gasteiger charge is 2.12. The van der Waals surface area contributed by atoms with E-state index in [2.05, 4.69) is 14.8 Å². The summed E-state index contributed by atoms with van der Waals surface area (Å²) < 4.78 is 24.5. The zero-order valence-corrected chi connectivity index (χ0v) is 16.1. The monoisotopic (exact) mass is 375 g/mol. The topological polar surface area (TPSA) is 82.0 Å². The van der Waals surface area contributed by atoms with E-state index in [0.717, 1.165) is 30.8 Å². The summed E-state index contributed by atoms with van der Waals surface area (Å²) >= 11 is 0. The maximum absolute atomic E-state index is 12.2. The Hall–Kier alpha value is -2.54. The minimum absolute atomic E-state index is 0.0460. The number of hydrogen-bond acceptors (Lipinski definition) is 5. The Bertz CT molecular complexity index is 858. The summed E-state index contributed by atoms with van der Waals surface area (Å²) in [7, 11) is -3.74. The summed E-state index contributed by atoms with van der Waals surface area (Å²) in [6.45, 7) is 7.75. The lowest BCUT2D eigenvalue weighted by Gasteiger charge is -2.21. The van der Waals surface area contributed by atoms with Crippen LogP contribution in [0.2, 0.25) is 0 Å². The van der Waals surface area contributed by atoms with Gasteiger partial charge in [0.2, 0.25) is 0 Å².